The van der Waals surface area contributed by atoms with E-state index in [9.17, 15) is 4.79 Å². The van der Waals surface area contributed by atoms with Crippen molar-refractivity contribution in [2.75, 3.05) is 37.9 Å². The second-order valence-corrected chi connectivity index (χ2v) is 8.20. The minimum absolute atomic E-state index is 0.116. The number of rotatable bonds is 4. The summed E-state index contributed by atoms with van der Waals surface area (Å²) in [5, 5.41) is 4.54. The molecule has 1 saturated heterocycles. The van der Waals surface area contributed by atoms with Gasteiger partial charge in [-0.1, -0.05) is 6.07 Å². The van der Waals surface area contributed by atoms with Gasteiger partial charge in [0.2, 0.25) is 12.7 Å². The van der Waals surface area contributed by atoms with Crippen LogP contribution >= 0.6 is 0 Å². The molecule has 0 aliphatic carbocycles. The topological polar surface area (TPSA) is 85.6 Å². The van der Waals surface area contributed by atoms with Gasteiger partial charge in [0.1, 0.15) is 11.6 Å². The summed E-state index contributed by atoms with van der Waals surface area (Å²) in [7, 11) is 0. The molecule has 0 radical (unpaired) electrons. The lowest BCUT2D eigenvalue weighted by molar-refractivity contribution is -0.130. The van der Waals surface area contributed by atoms with Crippen LogP contribution in [0.5, 0.6) is 11.5 Å². The van der Waals surface area contributed by atoms with Gasteiger partial charge in [-0.3, -0.25) is 4.79 Å². The van der Waals surface area contributed by atoms with Crippen LogP contribution < -0.4 is 14.4 Å². The lowest BCUT2D eigenvalue weighted by Crippen LogP contribution is -2.49. The Morgan fingerprint density at radius 3 is 2.44 bits per heavy atom. The molecule has 0 spiro atoms. The zero-order valence-electron chi connectivity index (χ0n) is 18.5. The van der Waals surface area contributed by atoms with Gasteiger partial charge in [-0.05, 0) is 44.5 Å². The van der Waals surface area contributed by atoms with Crippen molar-refractivity contribution in [1.29, 1.82) is 0 Å². The third-order valence-electron chi connectivity index (χ3n) is 5.79. The van der Waals surface area contributed by atoms with Crippen molar-refractivity contribution in [2.24, 2.45) is 0 Å². The van der Waals surface area contributed by atoms with Crippen molar-refractivity contribution in [3.63, 3.8) is 0 Å². The van der Waals surface area contributed by atoms with Gasteiger partial charge in [0, 0.05) is 37.9 Å². The van der Waals surface area contributed by atoms with E-state index in [0.29, 0.717) is 31.1 Å². The highest BCUT2D eigenvalue weighted by Crippen LogP contribution is 2.32. The fourth-order valence-corrected chi connectivity index (χ4v) is 4.19. The predicted molar refractivity (Wildman–Crippen MR) is 118 cm³/mol. The van der Waals surface area contributed by atoms with Crippen LogP contribution in [0.3, 0.4) is 0 Å². The van der Waals surface area contributed by atoms with Crippen LogP contribution in [0.1, 0.15) is 22.8 Å². The van der Waals surface area contributed by atoms with Crippen molar-refractivity contribution in [3.05, 3.63) is 53.1 Å². The minimum Gasteiger partial charge on any atom is -0.454 e. The lowest BCUT2D eigenvalue weighted by atomic mass is 10.1. The standard InChI is InChI=1S/C23H26N6O3/c1-15-10-16(2)29(26-15)22-13-21(24-17(3)25-22)27-6-8-28(9-7-27)23(30)12-18-4-5-19-20(11-18)32-14-31-19/h4-5,10-11,13H,6-9,12,14H2,1-3H3. The maximum atomic E-state index is 12.8. The molecule has 2 aromatic heterocycles. The van der Waals surface area contributed by atoms with Gasteiger partial charge >= 0.3 is 0 Å². The Balaban J connectivity index is 1.24. The first-order valence-corrected chi connectivity index (χ1v) is 10.8. The number of fused-ring (bicyclic) bond motifs is 1. The molecular formula is C23H26N6O3. The molecule has 0 bridgehead atoms. The molecule has 9 heteroatoms. The first kappa shape index (κ1) is 20.3. The molecule has 0 unspecified atom stereocenters. The summed E-state index contributed by atoms with van der Waals surface area (Å²) in [6.45, 7) is 8.87. The number of carbonyl (C=O) groups excluding carboxylic acids is 1. The van der Waals surface area contributed by atoms with Gasteiger partial charge in [-0.25, -0.2) is 14.6 Å². The highest BCUT2D eigenvalue weighted by Gasteiger charge is 2.24. The maximum absolute atomic E-state index is 12.8. The number of nitrogens with zero attached hydrogens (tertiary/aromatic N) is 6. The number of carbonyl (C=O) groups is 1. The Labute approximate surface area is 186 Å². The molecule has 0 N–H and O–H groups in total. The van der Waals surface area contributed by atoms with Crippen LogP contribution in [0, 0.1) is 20.8 Å². The average Bonchev–Trinajstić information content (AvgIpc) is 3.38. The normalized spacial score (nSPS) is 15.3. The SMILES string of the molecule is Cc1cc(C)n(-c2cc(N3CCN(C(=O)Cc4ccc5c(c4)OCO5)CC3)nc(C)n2)n1. The van der Waals surface area contributed by atoms with Gasteiger partial charge in [-0.2, -0.15) is 5.10 Å². The number of anilines is 1. The van der Waals surface area contributed by atoms with Crippen LogP contribution in [-0.2, 0) is 11.2 Å². The van der Waals surface area contributed by atoms with Crippen molar-refractivity contribution in [3.8, 4) is 17.3 Å². The van der Waals surface area contributed by atoms with Crippen molar-refractivity contribution < 1.29 is 14.3 Å². The first-order chi connectivity index (χ1) is 15.5. The van der Waals surface area contributed by atoms with Gasteiger partial charge in [0.15, 0.2) is 17.3 Å². The quantitative estimate of drug-likeness (QED) is 0.622. The molecule has 1 amide bonds. The third kappa shape index (κ3) is 3.98. The zero-order chi connectivity index (χ0) is 22.2. The molecule has 1 fully saturated rings. The molecule has 2 aliphatic rings. The van der Waals surface area contributed by atoms with Gasteiger partial charge < -0.3 is 19.3 Å². The Hall–Kier alpha value is -3.62. The molecule has 9 nitrogen and oxygen atoms in total. The monoisotopic (exact) mass is 434 g/mol. The molecule has 5 rings (SSSR count). The van der Waals surface area contributed by atoms with E-state index in [-0.39, 0.29) is 12.7 Å². The molecule has 4 heterocycles. The molecular weight excluding hydrogens is 408 g/mol. The second kappa shape index (κ2) is 8.14. The molecule has 0 atom stereocenters. The fraction of sp³-hybridized carbons (Fsp3) is 0.391. The van der Waals surface area contributed by atoms with Crippen LogP contribution in [0.4, 0.5) is 5.82 Å². The number of hydrogen-bond acceptors (Lipinski definition) is 7. The summed E-state index contributed by atoms with van der Waals surface area (Å²) in [6.07, 6.45) is 0.353. The Morgan fingerprint density at radius 2 is 1.69 bits per heavy atom. The number of amides is 1. The first-order valence-electron chi connectivity index (χ1n) is 10.8. The number of piperazine rings is 1. The molecule has 2 aliphatic heterocycles. The van der Waals surface area contributed by atoms with E-state index in [4.69, 9.17) is 9.47 Å². The van der Waals surface area contributed by atoms with E-state index in [1.165, 1.54) is 0 Å². The average molecular weight is 435 g/mol. The summed E-state index contributed by atoms with van der Waals surface area (Å²) in [6, 6.07) is 9.67. The molecule has 3 aromatic rings. The van der Waals surface area contributed by atoms with E-state index in [1.54, 1.807) is 0 Å². The summed E-state index contributed by atoms with van der Waals surface area (Å²) >= 11 is 0. The zero-order valence-corrected chi connectivity index (χ0v) is 18.5. The minimum atomic E-state index is 0.116. The van der Waals surface area contributed by atoms with Crippen molar-refractivity contribution in [2.45, 2.75) is 27.2 Å². The Morgan fingerprint density at radius 1 is 0.938 bits per heavy atom. The number of benzene rings is 1. The van der Waals surface area contributed by atoms with Gasteiger partial charge in [0.25, 0.3) is 0 Å². The lowest BCUT2D eigenvalue weighted by Gasteiger charge is -2.35. The molecule has 0 saturated carbocycles. The molecule has 1 aromatic carbocycles. The Kier molecular flexibility index (Phi) is 5.16. The van der Waals surface area contributed by atoms with Gasteiger partial charge in [-0.15, -0.1) is 0 Å². The highest BCUT2D eigenvalue weighted by atomic mass is 16.7. The second-order valence-electron chi connectivity index (χ2n) is 8.20. The number of ether oxygens (including phenoxy) is 2. The summed E-state index contributed by atoms with van der Waals surface area (Å²) in [5.41, 5.74) is 2.92. The van der Waals surface area contributed by atoms with E-state index in [1.807, 2.05) is 60.7 Å². The highest BCUT2D eigenvalue weighted by molar-refractivity contribution is 5.79. The van der Waals surface area contributed by atoms with Gasteiger partial charge in [0.05, 0.1) is 12.1 Å². The molecule has 166 valence electrons. The fourth-order valence-electron chi connectivity index (χ4n) is 4.19. The smallest absolute Gasteiger partial charge is 0.231 e. The largest absolute Gasteiger partial charge is 0.454 e. The predicted octanol–water partition coefficient (Wildman–Crippen LogP) is 2.21. The van der Waals surface area contributed by atoms with Crippen LogP contribution in [0.15, 0.2) is 30.3 Å². The Bertz CT molecular complexity index is 1170. The third-order valence-corrected chi connectivity index (χ3v) is 5.79. The summed E-state index contributed by atoms with van der Waals surface area (Å²) in [4.78, 5) is 26.2. The van der Waals surface area contributed by atoms with Crippen molar-refractivity contribution >= 4 is 11.7 Å². The number of aromatic nitrogens is 4. The van der Waals surface area contributed by atoms with Crippen molar-refractivity contribution in [1.82, 2.24) is 24.6 Å². The van der Waals surface area contributed by atoms with Crippen LogP contribution in [0.25, 0.3) is 5.82 Å². The molecule has 32 heavy (non-hydrogen) atoms. The van der Waals surface area contributed by atoms with E-state index in [0.717, 1.165) is 47.4 Å². The number of aryl methyl sites for hydroxylation is 3. The van der Waals surface area contributed by atoms with E-state index >= 15 is 0 Å². The van der Waals surface area contributed by atoms with E-state index < -0.39 is 0 Å². The van der Waals surface area contributed by atoms with Crippen LogP contribution in [0.2, 0.25) is 0 Å². The summed E-state index contributed by atoms with van der Waals surface area (Å²) < 4.78 is 12.6. The maximum Gasteiger partial charge on any atom is 0.231 e. The number of hydrogen-bond donors (Lipinski definition) is 0. The van der Waals surface area contributed by atoms with E-state index in [2.05, 4.69) is 20.0 Å². The summed E-state index contributed by atoms with van der Waals surface area (Å²) in [5.74, 6) is 3.88. The van der Waals surface area contributed by atoms with Crippen LogP contribution in [-0.4, -0.2) is 63.5 Å².